The van der Waals surface area contributed by atoms with Crippen molar-refractivity contribution in [3.8, 4) is 0 Å². The van der Waals surface area contributed by atoms with Gasteiger partial charge in [-0.15, -0.1) is 0 Å². The van der Waals surface area contributed by atoms with E-state index in [1.165, 1.54) is 18.2 Å². The summed E-state index contributed by atoms with van der Waals surface area (Å²) in [4.78, 5) is 21.1. The first-order chi connectivity index (χ1) is 13.8. The van der Waals surface area contributed by atoms with Gasteiger partial charge in [-0.05, 0) is 50.2 Å². The summed E-state index contributed by atoms with van der Waals surface area (Å²) in [6, 6.07) is 10.8. The molecule has 0 fully saturated rings. The standard InChI is InChI=1S/C21H19FN4O3/c1-11(2)29-21(28)12-4-3-5-14(8-12)26-10-17(27)18(19(26)23)20-24-15-7-6-13(22)9-16(15)25-20/h3-9,11,23,27H,10H2,1-2H3,(H,24,25). The molecule has 3 N–H and O–H groups in total. The van der Waals surface area contributed by atoms with Crippen molar-refractivity contribution in [3.05, 3.63) is 65.4 Å². The molecule has 0 unspecified atom stereocenters. The van der Waals surface area contributed by atoms with Crippen LogP contribution >= 0.6 is 0 Å². The molecular weight excluding hydrogens is 375 g/mol. The summed E-state index contributed by atoms with van der Waals surface area (Å²) in [6.07, 6.45) is -0.244. The lowest BCUT2D eigenvalue weighted by Gasteiger charge is -2.19. The Hall–Kier alpha value is -3.68. The highest BCUT2D eigenvalue weighted by atomic mass is 19.1. The summed E-state index contributed by atoms with van der Waals surface area (Å²) < 4.78 is 18.7. The molecule has 0 saturated carbocycles. The first-order valence-corrected chi connectivity index (χ1v) is 9.08. The summed E-state index contributed by atoms with van der Waals surface area (Å²) in [5.74, 6) is -0.588. The van der Waals surface area contributed by atoms with E-state index in [1.54, 1.807) is 43.0 Å². The molecule has 0 atom stereocenters. The molecule has 29 heavy (non-hydrogen) atoms. The number of imidazole rings is 1. The predicted octanol–water partition coefficient (Wildman–Crippen LogP) is 4.03. The van der Waals surface area contributed by atoms with Gasteiger partial charge in [-0.3, -0.25) is 5.41 Å². The van der Waals surface area contributed by atoms with Gasteiger partial charge in [-0.1, -0.05) is 6.07 Å². The summed E-state index contributed by atoms with van der Waals surface area (Å²) in [5, 5.41) is 19.0. The molecule has 0 radical (unpaired) electrons. The summed E-state index contributed by atoms with van der Waals surface area (Å²) >= 11 is 0. The van der Waals surface area contributed by atoms with E-state index in [-0.39, 0.29) is 35.6 Å². The van der Waals surface area contributed by atoms with Gasteiger partial charge in [-0.2, -0.15) is 0 Å². The van der Waals surface area contributed by atoms with Crippen molar-refractivity contribution in [1.82, 2.24) is 9.97 Å². The van der Waals surface area contributed by atoms with Crippen LogP contribution in [0.4, 0.5) is 10.1 Å². The number of hydrogen-bond acceptors (Lipinski definition) is 5. The smallest absolute Gasteiger partial charge is 0.338 e. The molecule has 1 aromatic heterocycles. The molecular formula is C21H19FN4O3. The minimum atomic E-state index is -0.454. The van der Waals surface area contributed by atoms with Crippen LogP contribution in [0.25, 0.3) is 16.6 Å². The number of carbonyl (C=O) groups excluding carboxylic acids is 1. The summed E-state index contributed by atoms with van der Waals surface area (Å²) in [6.45, 7) is 3.60. The van der Waals surface area contributed by atoms with Crippen LogP contribution in [0.3, 0.4) is 0 Å². The molecule has 0 aliphatic carbocycles. The SMILES string of the molecule is CC(C)OC(=O)c1cccc(N2CC(O)=C(c3nc4ccc(F)cc4[nH]3)C2=N)c1. The van der Waals surface area contributed by atoms with Crippen LogP contribution in [0.15, 0.2) is 48.2 Å². The molecule has 0 spiro atoms. The van der Waals surface area contributed by atoms with Crippen LogP contribution in [0.1, 0.15) is 30.0 Å². The van der Waals surface area contributed by atoms with E-state index in [9.17, 15) is 14.3 Å². The number of carbonyl (C=O) groups is 1. The van der Waals surface area contributed by atoms with E-state index >= 15 is 0 Å². The number of aliphatic hydroxyl groups excluding tert-OH is 1. The Kier molecular flexibility index (Phi) is 4.54. The lowest BCUT2D eigenvalue weighted by Crippen LogP contribution is -2.26. The molecule has 3 aromatic rings. The average molecular weight is 394 g/mol. The number of benzene rings is 2. The second-order valence-electron chi connectivity index (χ2n) is 7.01. The fourth-order valence-electron chi connectivity index (χ4n) is 3.23. The maximum absolute atomic E-state index is 13.4. The third kappa shape index (κ3) is 3.44. The minimum absolute atomic E-state index is 0.0244. The van der Waals surface area contributed by atoms with Gasteiger partial charge in [-0.25, -0.2) is 14.2 Å². The highest BCUT2D eigenvalue weighted by Gasteiger charge is 2.31. The number of nitrogens with one attached hydrogen (secondary N) is 2. The quantitative estimate of drug-likeness (QED) is 0.580. The highest BCUT2D eigenvalue weighted by molar-refractivity contribution is 6.30. The number of aromatic amines is 1. The molecule has 1 aliphatic rings. The summed E-state index contributed by atoms with van der Waals surface area (Å²) in [7, 11) is 0. The zero-order valence-corrected chi connectivity index (χ0v) is 15.9. The van der Waals surface area contributed by atoms with Crippen molar-refractivity contribution in [2.45, 2.75) is 20.0 Å². The Balaban J connectivity index is 1.64. The number of rotatable bonds is 4. The molecule has 0 bridgehead atoms. The molecule has 0 amide bonds. The molecule has 8 heteroatoms. The van der Waals surface area contributed by atoms with E-state index < -0.39 is 11.8 Å². The van der Waals surface area contributed by atoms with E-state index in [1.807, 2.05) is 0 Å². The van der Waals surface area contributed by atoms with E-state index in [2.05, 4.69) is 9.97 Å². The van der Waals surface area contributed by atoms with Crippen LogP contribution in [0.5, 0.6) is 0 Å². The molecule has 2 heterocycles. The van der Waals surface area contributed by atoms with Crippen LogP contribution in [0.2, 0.25) is 0 Å². The number of aromatic nitrogens is 2. The Morgan fingerprint density at radius 3 is 2.86 bits per heavy atom. The number of nitrogens with zero attached hydrogens (tertiary/aromatic N) is 2. The van der Waals surface area contributed by atoms with Crippen molar-refractivity contribution in [2.24, 2.45) is 0 Å². The second-order valence-corrected chi connectivity index (χ2v) is 7.01. The molecule has 1 aliphatic heterocycles. The van der Waals surface area contributed by atoms with Crippen molar-refractivity contribution < 1.29 is 19.0 Å². The Morgan fingerprint density at radius 2 is 2.10 bits per heavy atom. The first kappa shape index (κ1) is 18.7. The molecule has 7 nitrogen and oxygen atoms in total. The number of aliphatic hydroxyl groups is 1. The summed E-state index contributed by atoms with van der Waals surface area (Å²) in [5.41, 5.74) is 2.17. The number of halogens is 1. The number of fused-ring (bicyclic) bond motifs is 1. The van der Waals surface area contributed by atoms with Crippen molar-refractivity contribution >= 4 is 34.1 Å². The van der Waals surface area contributed by atoms with Crippen LogP contribution < -0.4 is 4.90 Å². The van der Waals surface area contributed by atoms with Crippen molar-refractivity contribution in [3.63, 3.8) is 0 Å². The van der Waals surface area contributed by atoms with Crippen molar-refractivity contribution in [1.29, 1.82) is 5.41 Å². The Labute approximate surface area is 166 Å². The largest absolute Gasteiger partial charge is 0.509 e. The average Bonchev–Trinajstić information content (AvgIpc) is 3.20. The van der Waals surface area contributed by atoms with E-state index in [0.717, 1.165) is 0 Å². The Bertz CT molecular complexity index is 1170. The number of hydrogen-bond donors (Lipinski definition) is 3. The second kappa shape index (κ2) is 7.05. The number of amidine groups is 1. The molecule has 4 rings (SSSR count). The van der Waals surface area contributed by atoms with Crippen LogP contribution in [-0.2, 0) is 4.74 Å². The van der Waals surface area contributed by atoms with Crippen LogP contribution in [-0.4, -0.2) is 39.5 Å². The fourth-order valence-corrected chi connectivity index (χ4v) is 3.23. The third-order valence-corrected chi connectivity index (χ3v) is 4.52. The lowest BCUT2D eigenvalue weighted by atomic mass is 10.2. The van der Waals surface area contributed by atoms with E-state index in [0.29, 0.717) is 22.3 Å². The predicted molar refractivity (Wildman–Crippen MR) is 108 cm³/mol. The first-order valence-electron chi connectivity index (χ1n) is 9.08. The highest BCUT2D eigenvalue weighted by Crippen LogP contribution is 2.31. The topological polar surface area (TPSA) is 102 Å². The van der Waals surface area contributed by atoms with Gasteiger partial charge in [0.1, 0.15) is 23.2 Å². The third-order valence-electron chi connectivity index (χ3n) is 4.52. The molecule has 148 valence electrons. The van der Waals surface area contributed by atoms with Crippen molar-refractivity contribution in [2.75, 3.05) is 11.4 Å². The van der Waals surface area contributed by atoms with Gasteiger partial charge in [0.15, 0.2) is 0 Å². The maximum atomic E-state index is 13.4. The number of anilines is 1. The van der Waals surface area contributed by atoms with Gasteiger partial charge in [0.05, 0.1) is 34.8 Å². The number of H-pyrrole nitrogens is 1. The fraction of sp³-hybridized carbons (Fsp3) is 0.190. The zero-order chi connectivity index (χ0) is 20.7. The van der Waals surface area contributed by atoms with Gasteiger partial charge in [0.2, 0.25) is 0 Å². The molecule has 2 aromatic carbocycles. The maximum Gasteiger partial charge on any atom is 0.338 e. The number of ether oxygens (including phenoxy) is 1. The Morgan fingerprint density at radius 1 is 1.31 bits per heavy atom. The minimum Gasteiger partial charge on any atom is -0.509 e. The monoisotopic (exact) mass is 394 g/mol. The zero-order valence-electron chi connectivity index (χ0n) is 15.9. The van der Waals surface area contributed by atoms with Crippen LogP contribution in [0, 0.1) is 11.2 Å². The van der Waals surface area contributed by atoms with Gasteiger partial charge in [0, 0.05) is 5.69 Å². The lowest BCUT2D eigenvalue weighted by molar-refractivity contribution is 0.0378. The molecule has 0 saturated heterocycles. The van der Waals surface area contributed by atoms with Gasteiger partial charge < -0.3 is 19.7 Å². The van der Waals surface area contributed by atoms with Gasteiger partial charge >= 0.3 is 5.97 Å². The normalized spacial score (nSPS) is 14.3. The van der Waals surface area contributed by atoms with Gasteiger partial charge in [0.25, 0.3) is 0 Å². The number of esters is 1. The van der Waals surface area contributed by atoms with E-state index in [4.69, 9.17) is 10.1 Å².